The molecule has 1 fully saturated rings. The van der Waals surface area contributed by atoms with Gasteiger partial charge in [-0.3, -0.25) is 4.79 Å². The summed E-state index contributed by atoms with van der Waals surface area (Å²) >= 11 is 7.09. The Morgan fingerprint density at radius 1 is 1.59 bits per heavy atom. The fraction of sp³-hybridized carbons (Fsp3) is 0.667. The van der Waals surface area contributed by atoms with Gasteiger partial charge in [-0.1, -0.05) is 12.8 Å². The maximum Gasteiger partial charge on any atom is 0.196 e. The van der Waals surface area contributed by atoms with Crippen LogP contribution in [0.5, 0.6) is 0 Å². The van der Waals surface area contributed by atoms with Gasteiger partial charge < -0.3 is 4.90 Å². The number of carbonyl (C=O) groups is 1. The monoisotopic (exact) mass is 272 g/mol. The lowest BCUT2D eigenvalue weighted by molar-refractivity contribution is 0.101. The first-order valence-corrected chi connectivity index (χ1v) is 7.45. The van der Waals surface area contributed by atoms with Crippen molar-refractivity contribution >= 4 is 33.9 Å². The van der Waals surface area contributed by atoms with Crippen LogP contribution in [-0.4, -0.2) is 29.2 Å². The van der Waals surface area contributed by atoms with Crippen LogP contribution in [0.1, 0.15) is 43.1 Å². The van der Waals surface area contributed by atoms with Crippen molar-refractivity contribution in [2.75, 3.05) is 17.3 Å². The van der Waals surface area contributed by atoms with Crippen LogP contribution in [0.2, 0.25) is 0 Å². The minimum Gasteiger partial charge on any atom is -0.345 e. The molecule has 1 aromatic rings. The molecule has 0 spiro atoms. The van der Waals surface area contributed by atoms with E-state index in [1.165, 1.54) is 25.7 Å². The Morgan fingerprint density at radius 3 is 3.18 bits per heavy atom. The zero-order chi connectivity index (χ0) is 12.3. The maximum atomic E-state index is 11.5. The molecule has 5 heteroatoms. The predicted octanol–water partition coefficient (Wildman–Crippen LogP) is 3.33. The van der Waals surface area contributed by atoms with Gasteiger partial charge in [-0.05, 0) is 19.8 Å². The summed E-state index contributed by atoms with van der Waals surface area (Å²) in [6, 6.07) is 0.516. The van der Waals surface area contributed by atoms with Gasteiger partial charge in [-0.15, -0.1) is 22.9 Å². The molecule has 94 valence electrons. The highest BCUT2D eigenvalue weighted by atomic mass is 35.5. The Hall–Kier alpha value is -0.610. The van der Waals surface area contributed by atoms with Crippen LogP contribution >= 0.6 is 22.9 Å². The van der Waals surface area contributed by atoms with Crippen molar-refractivity contribution < 1.29 is 4.79 Å². The van der Waals surface area contributed by atoms with Crippen LogP contribution in [0, 0.1) is 0 Å². The largest absolute Gasteiger partial charge is 0.345 e. The quantitative estimate of drug-likeness (QED) is 0.625. The molecule has 1 aliphatic rings. The number of aromatic nitrogens is 1. The second kappa shape index (κ2) is 5.83. The van der Waals surface area contributed by atoms with Crippen molar-refractivity contribution in [3.8, 4) is 0 Å². The van der Waals surface area contributed by atoms with Gasteiger partial charge in [-0.2, -0.15) is 0 Å². The molecule has 17 heavy (non-hydrogen) atoms. The van der Waals surface area contributed by atoms with Crippen LogP contribution in [-0.2, 0) is 0 Å². The van der Waals surface area contributed by atoms with Crippen molar-refractivity contribution in [1.82, 2.24) is 4.98 Å². The van der Waals surface area contributed by atoms with Gasteiger partial charge in [0, 0.05) is 18.0 Å². The van der Waals surface area contributed by atoms with Crippen LogP contribution in [0.25, 0.3) is 0 Å². The zero-order valence-electron chi connectivity index (χ0n) is 9.99. The third-order valence-corrected chi connectivity index (χ3v) is 4.32. The number of hydrogen-bond donors (Lipinski definition) is 0. The van der Waals surface area contributed by atoms with Gasteiger partial charge in [0.1, 0.15) is 5.69 Å². The highest BCUT2D eigenvalue weighted by Crippen LogP contribution is 2.27. The van der Waals surface area contributed by atoms with E-state index in [0.717, 1.165) is 11.7 Å². The molecule has 1 aromatic heterocycles. The molecule has 1 aliphatic heterocycles. The molecule has 2 rings (SSSR count). The van der Waals surface area contributed by atoms with Gasteiger partial charge in [0.15, 0.2) is 10.9 Å². The van der Waals surface area contributed by atoms with E-state index in [2.05, 4.69) is 16.8 Å². The molecular formula is C12H17ClN2OS. The van der Waals surface area contributed by atoms with Crippen molar-refractivity contribution in [2.24, 2.45) is 0 Å². The number of anilines is 1. The van der Waals surface area contributed by atoms with Gasteiger partial charge in [-0.25, -0.2) is 4.98 Å². The van der Waals surface area contributed by atoms with Crippen LogP contribution in [0.4, 0.5) is 5.13 Å². The zero-order valence-corrected chi connectivity index (χ0v) is 11.6. The Kier molecular flexibility index (Phi) is 4.40. The number of ketones is 1. The van der Waals surface area contributed by atoms with Gasteiger partial charge in [0.2, 0.25) is 0 Å². The first-order chi connectivity index (χ1) is 8.22. The van der Waals surface area contributed by atoms with Gasteiger partial charge >= 0.3 is 0 Å². The summed E-state index contributed by atoms with van der Waals surface area (Å²) in [6.45, 7) is 3.28. The van der Waals surface area contributed by atoms with Crippen molar-refractivity contribution in [2.45, 2.75) is 38.6 Å². The molecule has 0 radical (unpaired) electrons. The molecular weight excluding hydrogens is 256 g/mol. The summed E-state index contributed by atoms with van der Waals surface area (Å²) in [4.78, 5) is 18.2. The average molecular weight is 273 g/mol. The highest BCUT2D eigenvalue weighted by Gasteiger charge is 2.20. The number of halogens is 1. The molecule has 1 atom stereocenters. The standard InChI is InChI=1S/C12H17ClN2OS/c1-9-5-3-2-4-6-15(9)12-14-10(8-17-12)11(16)7-13/h8-9H,2-7H2,1H3. The fourth-order valence-corrected chi connectivity index (χ4v) is 3.25. The molecule has 2 heterocycles. The van der Waals surface area contributed by atoms with Gasteiger partial charge in [0.05, 0.1) is 5.88 Å². The third kappa shape index (κ3) is 2.99. The van der Waals surface area contributed by atoms with E-state index in [9.17, 15) is 4.79 Å². The van der Waals surface area contributed by atoms with Crippen molar-refractivity contribution in [3.63, 3.8) is 0 Å². The molecule has 0 bridgehead atoms. The SMILES string of the molecule is CC1CCCCCN1c1nc(C(=O)CCl)cs1. The number of carbonyl (C=O) groups excluding carboxylic acids is 1. The fourth-order valence-electron chi connectivity index (χ4n) is 2.15. The molecule has 0 aliphatic carbocycles. The Balaban J connectivity index is 2.15. The number of nitrogens with zero attached hydrogens (tertiary/aromatic N) is 2. The van der Waals surface area contributed by atoms with E-state index in [1.54, 1.807) is 11.3 Å². The number of alkyl halides is 1. The summed E-state index contributed by atoms with van der Waals surface area (Å²) in [5, 5.41) is 2.78. The molecule has 1 saturated heterocycles. The van der Waals surface area contributed by atoms with E-state index in [1.807, 2.05) is 5.38 Å². The first kappa shape index (κ1) is 12.8. The Morgan fingerprint density at radius 2 is 2.41 bits per heavy atom. The molecule has 0 N–H and O–H groups in total. The minimum absolute atomic E-state index is 0.0126. The van der Waals surface area contributed by atoms with Crippen LogP contribution in [0.15, 0.2) is 5.38 Å². The number of hydrogen-bond acceptors (Lipinski definition) is 4. The van der Waals surface area contributed by atoms with E-state index in [4.69, 9.17) is 11.6 Å². The Labute approximate surface area is 111 Å². The van der Waals surface area contributed by atoms with Gasteiger partial charge in [0.25, 0.3) is 0 Å². The smallest absolute Gasteiger partial charge is 0.196 e. The summed E-state index contributed by atoms with van der Waals surface area (Å²) in [5.41, 5.74) is 0.511. The van der Waals surface area contributed by atoms with Crippen molar-refractivity contribution in [1.29, 1.82) is 0 Å². The normalized spacial score (nSPS) is 21.3. The summed E-state index contributed by atoms with van der Waals surface area (Å²) in [7, 11) is 0. The third-order valence-electron chi connectivity index (χ3n) is 3.20. The average Bonchev–Trinajstić information content (AvgIpc) is 2.72. The van der Waals surface area contributed by atoms with E-state index >= 15 is 0 Å². The topological polar surface area (TPSA) is 33.2 Å². The summed E-state index contributed by atoms with van der Waals surface area (Å²) < 4.78 is 0. The lowest BCUT2D eigenvalue weighted by atomic mass is 10.1. The van der Waals surface area contributed by atoms with E-state index < -0.39 is 0 Å². The molecule has 0 amide bonds. The molecule has 0 saturated carbocycles. The van der Waals surface area contributed by atoms with E-state index in [-0.39, 0.29) is 11.7 Å². The number of Topliss-reactive ketones (excluding diaryl/α,β-unsaturated/α-hetero) is 1. The lowest BCUT2D eigenvalue weighted by Gasteiger charge is -2.26. The van der Waals surface area contributed by atoms with Crippen LogP contribution < -0.4 is 4.90 Å². The second-order valence-electron chi connectivity index (χ2n) is 4.46. The Bertz CT molecular complexity index is 394. The van der Waals surface area contributed by atoms with Crippen LogP contribution in [0.3, 0.4) is 0 Å². The van der Waals surface area contributed by atoms with E-state index in [0.29, 0.717) is 11.7 Å². The molecule has 1 unspecified atom stereocenters. The predicted molar refractivity (Wildman–Crippen MR) is 72.4 cm³/mol. The van der Waals surface area contributed by atoms with Crippen molar-refractivity contribution in [3.05, 3.63) is 11.1 Å². The number of rotatable bonds is 3. The molecule has 3 nitrogen and oxygen atoms in total. The molecule has 0 aromatic carbocycles. The highest BCUT2D eigenvalue weighted by molar-refractivity contribution is 7.14. The lowest BCUT2D eigenvalue weighted by Crippen LogP contribution is -2.32. The summed E-state index contributed by atoms with van der Waals surface area (Å²) in [5.74, 6) is -0.0738. The number of thiazole rings is 1. The maximum absolute atomic E-state index is 11.5. The second-order valence-corrected chi connectivity index (χ2v) is 5.57. The summed E-state index contributed by atoms with van der Waals surface area (Å²) in [6.07, 6.45) is 5.00. The first-order valence-electron chi connectivity index (χ1n) is 6.03. The minimum atomic E-state index is -0.0864.